The molecule has 0 radical (unpaired) electrons. The first-order chi connectivity index (χ1) is 13.3. The van der Waals surface area contributed by atoms with E-state index in [0.717, 1.165) is 15.8 Å². The molecular weight excluding hydrogens is 405 g/mol. The normalized spacial score (nSPS) is 19.4. The molecular formula is C19H15ClFN3O3S. The minimum atomic E-state index is -1.39. The Morgan fingerprint density at radius 1 is 1.36 bits per heavy atom. The van der Waals surface area contributed by atoms with Crippen molar-refractivity contribution in [1.29, 1.82) is 0 Å². The number of oxazole rings is 1. The third-order valence-corrected chi connectivity index (χ3v) is 5.85. The van der Waals surface area contributed by atoms with E-state index >= 15 is 0 Å². The Morgan fingerprint density at radius 2 is 2.14 bits per heavy atom. The van der Waals surface area contributed by atoms with Gasteiger partial charge in [0.15, 0.2) is 0 Å². The predicted molar refractivity (Wildman–Crippen MR) is 102 cm³/mol. The number of halogens is 2. The zero-order valence-corrected chi connectivity index (χ0v) is 16.5. The van der Waals surface area contributed by atoms with Crippen LogP contribution in [0.2, 0.25) is 5.02 Å². The van der Waals surface area contributed by atoms with Crippen LogP contribution >= 0.6 is 22.9 Å². The number of nitrogens with zero attached hydrogens (tertiary/aromatic N) is 2. The summed E-state index contributed by atoms with van der Waals surface area (Å²) in [5.41, 5.74) is -0.579. The summed E-state index contributed by atoms with van der Waals surface area (Å²) in [6, 6.07) is 6.89. The summed E-state index contributed by atoms with van der Waals surface area (Å²) in [5, 5.41) is 4.63. The van der Waals surface area contributed by atoms with Gasteiger partial charge in [0.05, 0.1) is 11.4 Å². The molecule has 1 fully saturated rings. The molecule has 1 aromatic carbocycles. The molecule has 3 heterocycles. The lowest BCUT2D eigenvalue weighted by Gasteiger charge is -2.23. The van der Waals surface area contributed by atoms with Crippen LogP contribution < -0.4 is 5.32 Å². The van der Waals surface area contributed by atoms with Crippen molar-refractivity contribution in [2.24, 2.45) is 0 Å². The molecule has 0 bridgehead atoms. The predicted octanol–water partition coefficient (Wildman–Crippen LogP) is 4.47. The zero-order valence-electron chi connectivity index (χ0n) is 15.0. The number of carbonyl (C=O) groups excluding carboxylic acids is 2. The second-order valence-electron chi connectivity index (χ2n) is 6.57. The first-order valence-corrected chi connectivity index (χ1v) is 9.65. The van der Waals surface area contributed by atoms with E-state index < -0.39 is 23.3 Å². The number of urea groups is 1. The minimum absolute atomic E-state index is 0.0419. The van der Waals surface area contributed by atoms with Crippen LogP contribution in [0.15, 0.2) is 40.1 Å². The number of hydrogen-bond donors (Lipinski definition) is 1. The summed E-state index contributed by atoms with van der Waals surface area (Å²) in [5.74, 6) is -0.0484. The van der Waals surface area contributed by atoms with Crippen LogP contribution in [0.25, 0.3) is 10.8 Å². The van der Waals surface area contributed by atoms with E-state index in [2.05, 4.69) is 10.3 Å². The van der Waals surface area contributed by atoms with Crippen molar-refractivity contribution in [2.45, 2.75) is 25.9 Å². The highest BCUT2D eigenvalue weighted by atomic mass is 35.5. The van der Waals surface area contributed by atoms with E-state index in [1.807, 2.05) is 17.5 Å². The van der Waals surface area contributed by atoms with Crippen molar-refractivity contribution in [3.05, 3.63) is 63.6 Å². The Balaban J connectivity index is 1.63. The standard InChI is InChI=1S/C19H15ClFN3O3S/c1-10-14(22-16(27-10)15-4-3-7-28-15)9-24-17(25)19(2,23-18(24)26)12-6-5-11(21)8-13(12)20/h3-8H,9H2,1-2H3,(H,23,26). The summed E-state index contributed by atoms with van der Waals surface area (Å²) < 4.78 is 19.1. The molecule has 9 heteroatoms. The molecule has 144 valence electrons. The first kappa shape index (κ1) is 18.6. The average Bonchev–Trinajstić information content (AvgIpc) is 3.32. The zero-order chi connectivity index (χ0) is 20.1. The Hall–Kier alpha value is -2.71. The van der Waals surface area contributed by atoms with E-state index in [1.54, 1.807) is 13.8 Å². The average molecular weight is 420 g/mol. The number of thiophene rings is 1. The lowest BCUT2D eigenvalue weighted by atomic mass is 9.92. The van der Waals surface area contributed by atoms with Gasteiger partial charge in [0, 0.05) is 10.6 Å². The smallest absolute Gasteiger partial charge is 0.325 e. The number of nitrogens with one attached hydrogen (secondary N) is 1. The number of aryl methyl sites for hydroxylation is 1. The summed E-state index contributed by atoms with van der Waals surface area (Å²) in [6.45, 7) is 3.23. The number of amides is 3. The molecule has 2 aromatic heterocycles. The van der Waals surface area contributed by atoms with Gasteiger partial charge < -0.3 is 9.73 Å². The van der Waals surface area contributed by atoms with Crippen molar-refractivity contribution in [3.63, 3.8) is 0 Å². The summed E-state index contributed by atoms with van der Waals surface area (Å²) >= 11 is 7.60. The van der Waals surface area contributed by atoms with Crippen LogP contribution in [0.1, 0.15) is 23.9 Å². The fourth-order valence-electron chi connectivity index (χ4n) is 3.15. The van der Waals surface area contributed by atoms with Crippen LogP contribution in [0.3, 0.4) is 0 Å². The second-order valence-corrected chi connectivity index (χ2v) is 7.92. The van der Waals surface area contributed by atoms with Crippen LogP contribution in [-0.4, -0.2) is 21.8 Å². The number of carbonyl (C=O) groups is 2. The van der Waals surface area contributed by atoms with Gasteiger partial charge >= 0.3 is 6.03 Å². The molecule has 1 N–H and O–H groups in total. The van der Waals surface area contributed by atoms with Crippen LogP contribution in [0, 0.1) is 12.7 Å². The summed E-state index contributed by atoms with van der Waals surface area (Å²) in [4.78, 5) is 31.9. The Labute approximate surface area is 168 Å². The van der Waals surface area contributed by atoms with Crippen molar-refractivity contribution < 1.29 is 18.4 Å². The minimum Gasteiger partial charge on any atom is -0.440 e. The maximum Gasteiger partial charge on any atom is 0.325 e. The van der Waals surface area contributed by atoms with Gasteiger partial charge in [-0.25, -0.2) is 14.2 Å². The van der Waals surface area contributed by atoms with Crippen molar-refractivity contribution >= 4 is 34.9 Å². The molecule has 6 nitrogen and oxygen atoms in total. The topological polar surface area (TPSA) is 75.4 Å². The van der Waals surface area contributed by atoms with E-state index in [4.69, 9.17) is 16.0 Å². The first-order valence-electron chi connectivity index (χ1n) is 8.39. The van der Waals surface area contributed by atoms with Gasteiger partial charge in [0.25, 0.3) is 5.91 Å². The van der Waals surface area contributed by atoms with Gasteiger partial charge in [0.2, 0.25) is 5.89 Å². The Morgan fingerprint density at radius 3 is 2.82 bits per heavy atom. The quantitative estimate of drug-likeness (QED) is 0.633. The van der Waals surface area contributed by atoms with Gasteiger partial charge in [-0.15, -0.1) is 11.3 Å². The highest BCUT2D eigenvalue weighted by Crippen LogP contribution is 2.35. The third kappa shape index (κ3) is 2.98. The number of aromatic nitrogens is 1. The summed E-state index contributed by atoms with van der Waals surface area (Å²) in [7, 11) is 0. The number of hydrogen-bond acceptors (Lipinski definition) is 5. The SMILES string of the molecule is Cc1oc(-c2cccs2)nc1CN1C(=O)NC(C)(c2ccc(F)cc2Cl)C1=O. The van der Waals surface area contributed by atoms with Crippen molar-refractivity contribution in [1.82, 2.24) is 15.2 Å². The van der Waals surface area contributed by atoms with Crippen molar-refractivity contribution in [3.8, 4) is 10.8 Å². The van der Waals surface area contributed by atoms with Crippen LogP contribution in [-0.2, 0) is 16.9 Å². The van der Waals surface area contributed by atoms with Gasteiger partial charge in [-0.2, -0.15) is 0 Å². The lowest BCUT2D eigenvalue weighted by Crippen LogP contribution is -2.41. The fourth-order valence-corrected chi connectivity index (χ4v) is 4.15. The molecule has 1 unspecified atom stereocenters. The molecule has 0 aliphatic carbocycles. The molecule has 1 saturated heterocycles. The summed E-state index contributed by atoms with van der Waals surface area (Å²) in [6.07, 6.45) is 0. The molecule has 3 amide bonds. The lowest BCUT2D eigenvalue weighted by molar-refractivity contribution is -0.131. The third-order valence-electron chi connectivity index (χ3n) is 4.68. The van der Waals surface area contributed by atoms with Crippen molar-refractivity contribution in [2.75, 3.05) is 0 Å². The molecule has 1 aliphatic rings. The maximum absolute atomic E-state index is 13.4. The fraction of sp³-hybridized carbons (Fsp3) is 0.211. The highest BCUT2D eigenvalue weighted by Gasteiger charge is 2.50. The maximum atomic E-state index is 13.4. The van der Waals surface area contributed by atoms with Gasteiger partial charge in [-0.1, -0.05) is 23.7 Å². The molecule has 3 aromatic rings. The Kier molecular flexibility index (Phi) is 4.47. The molecule has 1 atom stereocenters. The second kappa shape index (κ2) is 6.72. The Bertz CT molecular complexity index is 1080. The largest absolute Gasteiger partial charge is 0.440 e. The van der Waals surface area contributed by atoms with Crippen LogP contribution in [0.5, 0.6) is 0 Å². The molecule has 0 spiro atoms. The van der Waals surface area contributed by atoms with E-state index in [-0.39, 0.29) is 11.6 Å². The molecule has 1 aliphatic heterocycles. The highest BCUT2D eigenvalue weighted by molar-refractivity contribution is 7.13. The van der Waals surface area contributed by atoms with E-state index in [0.29, 0.717) is 22.9 Å². The van der Waals surface area contributed by atoms with Gasteiger partial charge in [0.1, 0.15) is 22.8 Å². The van der Waals surface area contributed by atoms with E-state index in [1.165, 1.54) is 23.5 Å². The van der Waals surface area contributed by atoms with E-state index in [9.17, 15) is 14.0 Å². The monoisotopic (exact) mass is 419 g/mol. The number of rotatable bonds is 4. The molecule has 4 rings (SSSR count). The molecule has 28 heavy (non-hydrogen) atoms. The van der Waals surface area contributed by atoms with Gasteiger partial charge in [-0.3, -0.25) is 9.69 Å². The van der Waals surface area contributed by atoms with Gasteiger partial charge in [-0.05, 0) is 37.4 Å². The molecule has 0 saturated carbocycles. The number of imide groups is 1. The van der Waals surface area contributed by atoms with Crippen LogP contribution in [0.4, 0.5) is 9.18 Å². The number of benzene rings is 1.